The van der Waals surface area contributed by atoms with Gasteiger partial charge in [0.1, 0.15) is 5.82 Å². The van der Waals surface area contributed by atoms with Crippen LogP contribution >= 0.6 is 0 Å². The van der Waals surface area contributed by atoms with Gasteiger partial charge in [-0.1, -0.05) is 0 Å². The molecule has 1 aromatic carbocycles. The smallest absolute Gasteiger partial charge is 0.392 e. The van der Waals surface area contributed by atoms with Crippen molar-refractivity contribution in [3.8, 4) is 0 Å². The molecule has 24 heavy (non-hydrogen) atoms. The molecule has 0 spiro atoms. The van der Waals surface area contributed by atoms with Gasteiger partial charge < -0.3 is 5.11 Å². The molecule has 0 bridgehead atoms. The van der Waals surface area contributed by atoms with Crippen LogP contribution in [-0.4, -0.2) is 61.1 Å². The van der Waals surface area contributed by atoms with Crippen LogP contribution < -0.4 is 0 Å². The summed E-state index contributed by atoms with van der Waals surface area (Å²) in [4.78, 5) is 1.24. The monoisotopic (exact) mass is 368 g/mol. The van der Waals surface area contributed by atoms with Crippen molar-refractivity contribution in [1.29, 1.82) is 0 Å². The summed E-state index contributed by atoms with van der Waals surface area (Å²) in [6.07, 6.45) is -4.97. The Morgan fingerprint density at radius 1 is 1.12 bits per heavy atom. The van der Waals surface area contributed by atoms with E-state index in [0.29, 0.717) is 31.6 Å². The molecule has 0 unspecified atom stereocenters. The largest absolute Gasteiger partial charge is 0.416 e. The Kier molecular flexibility index (Phi) is 4.35. The molecule has 3 rings (SSSR count). The molecule has 1 aromatic rings. The van der Waals surface area contributed by atoms with Crippen molar-refractivity contribution < 1.29 is 31.1 Å². The molecule has 134 valence electrons. The summed E-state index contributed by atoms with van der Waals surface area (Å²) in [5.74, 6) is -1.25. The van der Waals surface area contributed by atoms with Crippen LogP contribution in [0.2, 0.25) is 0 Å². The molecular weight excluding hydrogens is 352 g/mol. The molecule has 0 radical (unpaired) electrons. The van der Waals surface area contributed by atoms with Crippen LogP contribution in [0.5, 0.6) is 0 Å². The fourth-order valence-corrected chi connectivity index (χ4v) is 4.76. The summed E-state index contributed by atoms with van der Waals surface area (Å²) in [5.41, 5.74) is -1.34. The van der Waals surface area contributed by atoms with Gasteiger partial charge in [0.15, 0.2) is 0 Å². The molecule has 10 heteroatoms. The first-order chi connectivity index (χ1) is 11.1. The molecule has 1 N–H and O–H groups in total. The van der Waals surface area contributed by atoms with E-state index in [9.17, 15) is 31.1 Å². The third-order valence-electron chi connectivity index (χ3n) is 4.39. The zero-order chi connectivity index (χ0) is 17.7. The number of hydrogen-bond acceptors (Lipinski definition) is 4. The Morgan fingerprint density at radius 2 is 1.83 bits per heavy atom. The van der Waals surface area contributed by atoms with Crippen LogP contribution in [0.15, 0.2) is 23.1 Å². The number of halogens is 4. The number of aliphatic hydroxyl groups excluding tert-OH is 1. The van der Waals surface area contributed by atoms with Crippen molar-refractivity contribution in [3.63, 3.8) is 0 Å². The van der Waals surface area contributed by atoms with E-state index in [1.54, 1.807) is 0 Å². The average Bonchev–Trinajstić information content (AvgIpc) is 2.84. The lowest BCUT2D eigenvalue weighted by Crippen LogP contribution is -2.51. The number of benzene rings is 1. The number of aliphatic hydroxyl groups is 1. The van der Waals surface area contributed by atoms with Gasteiger partial charge in [-0.25, -0.2) is 12.8 Å². The van der Waals surface area contributed by atoms with Gasteiger partial charge in [0, 0.05) is 32.2 Å². The number of sulfonamides is 1. The van der Waals surface area contributed by atoms with Crippen LogP contribution in [-0.2, 0) is 16.2 Å². The van der Waals surface area contributed by atoms with Crippen LogP contribution in [0.4, 0.5) is 17.6 Å². The number of fused-ring (bicyclic) bond motifs is 1. The third-order valence-corrected chi connectivity index (χ3v) is 6.24. The van der Waals surface area contributed by atoms with Gasteiger partial charge in [-0.2, -0.15) is 17.5 Å². The molecule has 2 saturated heterocycles. The molecule has 2 fully saturated rings. The van der Waals surface area contributed by atoms with E-state index >= 15 is 0 Å². The van der Waals surface area contributed by atoms with Crippen molar-refractivity contribution in [2.24, 2.45) is 0 Å². The van der Waals surface area contributed by atoms with Gasteiger partial charge in [0.2, 0.25) is 10.0 Å². The summed E-state index contributed by atoms with van der Waals surface area (Å²) in [6.45, 7) is 0.986. The number of hydrogen-bond donors (Lipinski definition) is 1. The first kappa shape index (κ1) is 17.6. The van der Waals surface area contributed by atoms with E-state index in [1.807, 2.05) is 4.90 Å². The molecule has 0 aliphatic carbocycles. The number of rotatable bonds is 2. The summed E-state index contributed by atoms with van der Waals surface area (Å²) < 4.78 is 78.1. The van der Waals surface area contributed by atoms with E-state index in [-0.39, 0.29) is 25.2 Å². The lowest BCUT2D eigenvalue weighted by Gasteiger charge is -2.36. The van der Waals surface area contributed by atoms with Crippen molar-refractivity contribution in [2.45, 2.75) is 29.6 Å². The maximum Gasteiger partial charge on any atom is 0.416 e. The highest BCUT2D eigenvalue weighted by Gasteiger charge is 2.40. The lowest BCUT2D eigenvalue weighted by molar-refractivity contribution is -0.137. The highest BCUT2D eigenvalue weighted by Crippen LogP contribution is 2.33. The zero-order valence-corrected chi connectivity index (χ0v) is 13.3. The standard InChI is InChI=1S/C14H16F4N2O3S/c15-10-3-9(14(16,17)18)4-13(5-10)24(22,23)20-2-1-19-8-12(21)6-11(19)7-20/h3-5,11-12,21H,1-2,6-8H2/t11-,12+/m0/s1. The topological polar surface area (TPSA) is 60.9 Å². The maximum atomic E-state index is 13.5. The zero-order valence-electron chi connectivity index (χ0n) is 12.5. The fourth-order valence-electron chi connectivity index (χ4n) is 3.23. The summed E-state index contributed by atoms with van der Waals surface area (Å²) in [7, 11) is -4.24. The highest BCUT2D eigenvalue weighted by molar-refractivity contribution is 7.89. The highest BCUT2D eigenvalue weighted by atomic mass is 32.2. The van der Waals surface area contributed by atoms with E-state index in [1.165, 1.54) is 0 Å². The summed E-state index contributed by atoms with van der Waals surface area (Å²) >= 11 is 0. The minimum atomic E-state index is -4.83. The second-order valence-corrected chi connectivity index (χ2v) is 8.01. The second-order valence-electron chi connectivity index (χ2n) is 6.07. The molecule has 2 atom stereocenters. The predicted molar refractivity (Wildman–Crippen MR) is 76.1 cm³/mol. The molecular formula is C14H16F4N2O3S. The Bertz CT molecular complexity index is 738. The molecule has 0 aromatic heterocycles. The number of nitrogens with zero attached hydrogens (tertiary/aromatic N) is 2. The number of piperazine rings is 1. The third kappa shape index (κ3) is 3.28. The first-order valence-corrected chi connectivity index (χ1v) is 8.81. The van der Waals surface area contributed by atoms with E-state index in [4.69, 9.17) is 0 Å². The van der Waals surface area contributed by atoms with Crippen molar-refractivity contribution in [3.05, 3.63) is 29.6 Å². The van der Waals surface area contributed by atoms with Gasteiger partial charge in [-0.3, -0.25) is 4.90 Å². The second kappa shape index (κ2) is 5.94. The van der Waals surface area contributed by atoms with Crippen LogP contribution in [0.3, 0.4) is 0 Å². The van der Waals surface area contributed by atoms with E-state index < -0.39 is 38.6 Å². The maximum absolute atomic E-state index is 13.5. The molecule has 0 amide bonds. The predicted octanol–water partition coefficient (Wildman–Crippen LogP) is 1.28. The van der Waals surface area contributed by atoms with Crippen LogP contribution in [0.1, 0.15) is 12.0 Å². The van der Waals surface area contributed by atoms with Crippen molar-refractivity contribution in [1.82, 2.24) is 9.21 Å². The normalized spacial score (nSPS) is 26.5. The summed E-state index contributed by atoms with van der Waals surface area (Å²) in [6, 6.07) is 1.14. The number of alkyl halides is 3. The Hall–Kier alpha value is -1.23. The Labute approximate surface area is 136 Å². The minimum Gasteiger partial charge on any atom is -0.392 e. The fraction of sp³-hybridized carbons (Fsp3) is 0.571. The molecule has 0 saturated carbocycles. The van der Waals surface area contributed by atoms with Crippen molar-refractivity contribution >= 4 is 10.0 Å². The van der Waals surface area contributed by atoms with Crippen LogP contribution in [0, 0.1) is 5.82 Å². The minimum absolute atomic E-state index is 0.0667. The van der Waals surface area contributed by atoms with Gasteiger partial charge in [-0.05, 0) is 24.6 Å². The Morgan fingerprint density at radius 3 is 2.50 bits per heavy atom. The lowest BCUT2D eigenvalue weighted by atomic mass is 10.2. The van der Waals surface area contributed by atoms with Gasteiger partial charge >= 0.3 is 6.18 Å². The Balaban J connectivity index is 1.90. The molecule has 2 heterocycles. The average molecular weight is 368 g/mol. The van der Waals surface area contributed by atoms with E-state index in [0.717, 1.165) is 4.31 Å². The quantitative estimate of drug-likeness (QED) is 0.799. The van der Waals surface area contributed by atoms with Crippen molar-refractivity contribution in [2.75, 3.05) is 26.2 Å². The van der Waals surface area contributed by atoms with Gasteiger partial charge in [0.25, 0.3) is 0 Å². The van der Waals surface area contributed by atoms with Gasteiger partial charge in [0.05, 0.1) is 16.6 Å². The molecule has 5 nitrogen and oxygen atoms in total. The molecule has 2 aliphatic rings. The summed E-state index contributed by atoms with van der Waals surface area (Å²) in [5, 5.41) is 9.64. The van der Waals surface area contributed by atoms with E-state index in [2.05, 4.69) is 0 Å². The van der Waals surface area contributed by atoms with Gasteiger partial charge in [-0.15, -0.1) is 0 Å². The first-order valence-electron chi connectivity index (χ1n) is 7.37. The molecule has 2 aliphatic heterocycles. The SMILES string of the molecule is O=S(=O)(c1cc(F)cc(C(F)(F)F)c1)N1CCN2C[C@H](O)C[C@H]2C1. The van der Waals surface area contributed by atoms with Crippen LogP contribution in [0.25, 0.3) is 0 Å².